The lowest BCUT2D eigenvalue weighted by Gasteiger charge is -2.24. The van der Waals surface area contributed by atoms with Crippen LogP contribution in [0.15, 0.2) is 35.0 Å². The Kier molecular flexibility index (Phi) is 3.50. The van der Waals surface area contributed by atoms with Gasteiger partial charge in [0, 0.05) is 24.4 Å². The molecule has 0 bridgehead atoms. The Bertz CT molecular complexity index is 1250. The molecule has 8 nitrogen and oxygen atoms in total. The molecule has 1 aliphatic heterocycles. The van der Waals surface area contributed by atoms with Gasteiger partial charge in [0.25, 0.3) is 11.6 Å². The highest BCUT2D eigenvalue weighted by Crippen LogP contribution is 2.41. The van der Waals surface area contributed by atoms with Crippen LogP contribution in [0.25, 0.3) is 16.7 Å². The molecule has 4 aromatic heterocycles. The van der Waals surface area contributed by atoms with Crippen LogP contribution in [0.2, 0.25) is 0 Å². The summed E-state index contributed by atoms with van der Waals surface area (Å²) in [5.74, 6) is 1.22. The van der Waals surface area contributed by atoms with E-state index in [0.29, 0.717) is 29.4 Å². The Labute approximate surface area is 166 Å². The Hall–Kier alpha value is -3.29. The maximum atomic E-state index is 13.7. The summed E-state index contributed by atoms with van der Waals surface area (Å²) in [4.78, 5) is 20.2. The summed E-state index contributed by atoms with van der Waals surface area (Å²) >= 11 is 0. The number of hydrogen-bond donors (Lipinski definition) is 0. The van der Waals surface area contributed by atoms with E-state index in [9.17, 15) is 4.79 Å². The van der Waals surface area contributed by atoms with Gasteiger partial charge in [0.05, 0.1) is 22.7 Å². The number of rotatable bonds is 3. The van der Waals surface area contributed by atoms with Crippen molar-refractivity contribution in [2.45, 2.75) is 44.6 Å². The Morgan fingerprint density at radius 1 is 1.21 bits per heavy atom. The van der Waals surface area contributed by atoms with E-state index < -0.39 is 0 Å². The van der Waals surface area contributed by atoms with Crippen LogP contribution in [0.3, 0.4) is 0 Å². The van der Waals surface area contributed by atoms with Crippen molar-refractivity contribution in [3.8, 4) is 0 Å². The number of fused-ring (bicyclic) bond motifs is 2. The number of aromatic nitrogens is 5. The number of pyridine rings is 2. The van der Waals surface area contributed by atoms with E-state index in [1.54, 1.807) is 0 Å². The number of carbonyl (C=O) groups excluding carboxylic acids is 1. The zero-order valence-electron chi connectivity index (χ0n) is 16.1. The predicted octanol–water partition coefficient (Wildman–Crippen LogP) is 3.43. The molecule has 5 heterocycles. The smallest absolute Gasteiger partial charge is 0.259 e. The fraction of sp³-hybridized carbons (Fsp3) is 0.381. The molecule has 1 atom stereocenters. The second-order valence-corrected chi connectivity index (χ2v) is 7.96. The fourth-order valence-corrected chi connectivity index (χ4v) is 4.39. The highest BCUT2D eigenvalue weighted by atomic mass is 16.5. The number of likely N-dealkylation sites (tertiary alicyclic amines) is 1. The monoisotopic (exact) mass is 388 g/mol. The molecule has 1 amide bonds. The minimum absolute atomic E-state index is 0.0132. The molecule has 8 heteroatoms. The average Bonchev–Trinajstić information content (AvgIpc) is 3.16. The minimum Gasteiger partial charge on any atom is -0.336 e. The molecule has 1 aliphatic carbocycles. The molecule has 0 aromatic carbocycles. The van der Waals surface area contributed by atoms with Gasteiger partial charge in [0.15, 0.2) is 11.5 Å². The second kappa shape index (κ2) is 6.10. The summed E-state index contributed by atoms with van der Waals surface area (Å²) in [6.45, 7) is 2.55. The van der Waals surface area contributed by atoms with Crippen LogP contribution in [-0.4, -0.2) is 42.1 Å². The molecule has 146 valence electrons. The molecule has 2 fully saturated rings. The fourth-order valence-electron chi connectivity index (χ4n) is 4.39. The lowest BCUT2D eigenvalue weighted by molar-refractivity contribution is 0.0731. The van der Waals surface area contributed by atoms with Crippen LogP contribution < -0.4 is 0 Å². The van der Waals surface area contributed by atoms with E-state index in [4.69, 9.17) is 4.52 Å². The van der Waals surface area contributed by atoms with Gasteiger partial charge in [-0.25, -0.2) is 4.98 Å². The Balaban J connectivity index is 1.45. The number of aryl methyl sites for hydroxylation is 1. The summed E-state index contributed by atoms with van der Waals surface area (Å²) in [6, 6.07) is 7.66. The zero-order valence-corrected chi connectivity index (χ0v) is 16.1. The van der Waals surface area contributed by atoms with Gasteiger partial charge in [-0.1, -0.05) is 11.2 Å². The van der Waals surface area contributed by atoms with Gasteiger partial charge in [-0.15, -0.1) is 10.2 Å². The third kappa shape index (κ3) is 2.55. The summed E-state index contributed by atoms with van der Waals surface area (Å²) in [5, 5.41) is 13.5. The Morgan fingerprint density at radius 3 is 2.97 bits per heavy atom. The number of nitrogens with zero attached hydrogens (tertiary/aromatic N) is 6. The van der Waals surface area contributed by atoms with Crippen molar-refractivity contribution in [3.05, 3.63) is 53.2 Å². The van der Waals surface area contributed by atoms with Crippen LogP contribution in [0.5, 0.6) is 0 Å². The number of amides is 1. The molecule has 2 aliphatic rings. The van der Waals surface area contributed by atoms with E-state index in [1.807, 2.05) is 46.7 Å². The second-order valence-electron chi connectivity index (χ2n) is 7.96. The zero-order chi connectivity index (χ0) is 19.5. The SMILES string of the molecule is Cc1noc2nc(C3CC3)cc(C(=O)N3CCCC3c3nnc4ccccn34)c12. The van der Waals surface area contributed by atoms with Crippen molar-refractivity contribution in [1.82, 2.24) is 29.6 Å². The average molecular weight is 388 g/mol. The topological polar surface area (TPSA) is 89.4 Å². The molecule has 1 unspecified atom stereocenters. The van der Waals surface area contributed by atoms with Crippen LogP contribution in [0.1, 0.15) is 65.2 Å². The maximum Gasteiger partial charge on any atom is 0.259 e. The summed E-state index contributed by atoms with van der Waals surface area (Å²) in [5.41, 5.74) is 3.51. The van der Waals surface area contributed by atoms with E-state index in [0.717, 1.165) is 48.2 Å². The summed E-state index contributed by atoms with van der Waals surface area (Å²) in [6.07, 6.45) is 5.97. The van der Waals surface area contributed by atoms with Gasteiger partial charge in [0.1, 0.15) is 0 Å². The summed E-state index contributed by atoms with van der Waals surface area (Å²) < 4.78 is 7.39. The van der Waals surface area contributed by atoms with Crippen molar-refractivity contribution >= 4 is 22.7 Å². The maximum absolute atomic E-state index is 13.7. The molecule has 29 heavy (non-hydrogen) atoms. The van der Waals surface area contributed by atoms with Gasteiger partial charge in [-0.3, -0.25) is 9.20 Å². The Morgan fingerprint density at radius 2 is 2.10 bits per heavy atom. The molecular formula is C21H20N6O2. The lowest BCUT2D eigenvalue weighted by atomic mass is 10.1. The third-order valence-corrected chi connectivity index (χ3v) is 6.01. The standard InChI is InChI=1S/C21H20N6O2/c1-12-18-14(11-15(13-7-8-13)22-20(18)29-25-12)21(28)26-10-4-5-16(26)19-24-23-17-6-2-3-9-27(17)19/h2-3,6,9,11,13,16H,4-5,7-8,10H2,1H3. The quantitative estimate of drug-likeness (QED) is 0.534. The van der Waals surface area contributed by atoms with Crippen molar-refractivity contribution in [2.24, 2.45) is 0 Å². The van der Waals surface area contributed by atoms with Crippen molar-refractivity contribution in [1.29, 1.82) is 0 Å². The van der Waals surface area contributed by atoms with Gasteiger partial charge < -0.3 is 9.42 Å². The highest BCUT2D eigenvalue weighted by molar-refractivity contribution is 6.06. The number of carbonyl (C=O) groups is 1. The molecule has 1 saturated carbocycles. The highest BCUT2D eigenvalue weighted by Gasteiger charge is 2.36. The van der Waals surface area contributed by atoms with Gasteiger partial charge in [0.2, 0.25) is 0 Å². The van der Waals surface area contributed by atoms with Crippen LogP contribution in [-0.2, 0) is 0 Å². The lowest BCUT2D eigenvalue weighted by Crippen LogP contribution is -2.32. The first-order valence-corrected chi connectivity index (χ1v) is 10.1. The first kappa shape index (κ1) is 16.6. The largest absolute Gasteiger partial charge is 0.336 e. The normalized spacial score (nSPS) is 19.5. The molecule has 4 aromatic rings. The molecule has 0 spiro atoms. The predicted molar refractivity (Wildman–Crippen MR) is 105 cm³/mol. The van der Waals surface area contributed by atoms with Crippen LogP contribution >= 0.6 is 0 Å². The first-order chi connectivity index (χ1) is 14.2. The minimum atomic E-state index is -0.104. The molecule has 1 saturated heterocycles. The molecule has 0 radical (unpaired) electrons. The van der Waals surface area contributed by atoms with Crippen molar-refractivity contribution in [3.63, 3.8) is 0 Å². The van der Waals surface area contributed by atoms with E-state index in [1.165, 1.54) is 0 Å². The van der Waals surface area contributed by atoms with E-state index in [-0.39, 0.29) is 11.9 Å². The van der Waals surface area contributed by atoms with Crippen LogP contribution in [0, 0.1) is 6.92 Å². The van der Waals surface area contributed by atoms with E-state index in [2.05, 4.69) is 20.3 Å². The van der Waals surface area contributed by atoms with Crippen LogP contribution in [0.4, 0.5) is 0 Å². The van der Waals surface area contributed by atoms with Gasteiger partial charge in [-0.2, -0.15) is 0 Å². The third-order valence-electron chi connectivity index (χ3n) is 6.01. The number of hydrogen-bond acceptors (Lipinski definition) is 6. The first-order valence-electron chi connectivity index (χ1n) is 10.1. The molecule has 6 rings (SSSR count). The van der Waals surface area contributed by atoms with Crippen molar-refractivity contribution in [2.75, 3.05) is 6.54 Å². The molecular weight excluding hydrogens is 368 g/mol. The van der Waals surface area contributed by atoms with Gasteiger partial charge >= 0.3 is 0 Å². The van der Waals surface area contributed by atoms with Gasteiger partial charge in [-0.05, 0) is 50.8 Å². The van der Waals surface area contributed by atoms with E-state index >= 15 is 0 Å². The van der Waals surface area contributed by atoms with Crippen molar-refractivity contribution < 1.29 is 9.32 Å². The molecule has 0 N–H and O–H groups in total. The summed E-state index contributed by atoms with van der Waals surface area (Å²) in [7, 11) is 0.